The van der Waals surface area contributed by atoms with Gasteiger partial charge in [0, 0.05) is 6.04 Å². The predicted octanol–water partition coefficient (Wildman–Crippen LogP) is 3.51. The van der Waals surface area contributed by atoms with Gasteiger partial charge in [-0.2, -0.15) is 0 Å². The third-order valence-electron chi connectivity index (χ3n) is 3.32. The van der Waals surface area contributed by atoms with Gasteiger partial charge in [-0.25, -0.2) is 0 Å². The van der Waals surface area contributed by atoms with E-state index in [1.54, 1.807) is 0 Å². The van der Waals surface area contributed by atoms with E-state index in [1.807, 2.05) is 6.08 Å². The maximum absolute atomic E-state index is 3.75. The maximum atomic E-state index is 3.75. The van der Waals surface area contributed by atoms with Crippen molar-refractivity contribution < 1.29 is 0 Å². The van der Waals surface area contributed by atoms with E-state index in [1.165, 1.54) is 45.1 Å². The molecule has 1 unspecified atom stereocenters. The summed E-state index contributed by atoms with van der Waals surface area (Å²) < 4.78 is 0. The van der Waals surface area contributed by atoms with Crippen molar-refractivity contribution in [3.63, 3.8) is 0 Å². The van der Waals surface area contributed by atoms with Crippen molar-refractivity contribution >= 4 is 0 Å². The second kappa shape index (κ2) is 7.05. The molecular formula is C13H25N. The summed E-state index contributed by atoms with van der Waals surface area (Å²) in [6.07, 6.45) is 11.7. The fraction of sp³-hybridized carbons (Fsp3) is 0.846. The molecule has 0 aromatic heterocycles. The summed E-state index contributed by atoms with van der Waals surface area (Å²) in [7, 11) is 0. The normalized spacial score (nSPS) is 19.8. The molecule has 0 amide bonds. The molecule has 1 rings (SSSR count). The third kappa shape index (κ3) is 4.80. The minimum Gasteiger partial charge on any atom is -0.314 e. The highest BCUT2D eigenvalue weighted by molar-refractivity contribution is 4.72. The summed E-state index contributed by atoms with van der Waals surface area (Å²) in [5, 5.41) is 3.60. The molecule has 1 saturated carbocycles. The second-order valence-electron chi connectivity index (χ2n) is 4.66. The van der Waals surface area contributed by atoms with Gasteiger partial charge < -0.3 is 5.32 Å². The van der Waals surface area contributed by atoms with Crippen molar-refractivity contribution in [2.45, 2.75) is 57.9 Å². The zero-order valence-electron chi connectivity index (χ0n) is 9.60. The molecule has 0 saturated heterocycles. The molecule has 0 aromatic rings. The van der Waals surface area contributed by atoms with Crippen molar-refractivity contribution in [1.29, 1.82) is 0 Å². The Labute approximate surface area is 89.0 Å². The minimum atomic E-state index is 0.661. The van der Waals surface area contributed by atoms with Crippen LogP contribution in [0.3, 0.4) is 0 Å². The first kappa shape index (κ1) is 11.8. The van der Waals surface area contributed by atoms with E-state index < -0.39 is 0 Å². The van der Waals surface area contributed by atoms with E-state index in [4.69, 9.17) is 0 Å². The van der Waals surface area contributed by atoms with Gasteiger partial charge in [-0.05, 0) is 38.6 Å². The molecule has 0 spiro atoms. The second-order valence-corrected chi connectivity index (χ2v) is 4.66. The number of allylic oxidation sites excluding steroid dienone is 1. The lowest BCUT2D eigenvalue weighted by atomic mass is 10.0. The first-order valence-electron chi connectivity index (χ1n) is 6.17. The molecule has 1 heteroatoms. The van der Waals surface area contributed by atoms with Crippen LogP contribution in [0.1, 0.15) is 51.9 Å². The van der Waals surface area contributed by atoms with Crippen molar-refractivity contribution in [2.24, 2.45) is 5.92 Å². The molecular weight excluding hydrogens is 170 g/mol. The Bertz CT molecular complexity index is 147. The molecule has 0 bridgehead atoms. The van der Waals surface area contributed by atoms with Gasteiger partial charge in [0.1, 0.15) is 0 Å². The summed E-state index contributed by atoms with van der Waals surface area (Å²) in [5.41, 5.74) is 0. The number of hydrogen-bond donors (Lipinski definition) is 1. The SMILES string of the molecule is C=CCCC(C)NCCC1CCCC1. The molecule has 1 N–H and O–H groups in total. The molecule has 82 valence electrons. The predicted molar refractivity (Wildman–Crippen MR) is 63.5 cm³/mol. The van der Waals surface area contributed by atoms with Crippen LogP contribution in [0.15, 0.2) is 12.7 Å². The molecule has 0 heterocycles. The topological polar surface area (TPSA) is 12.0 Å². The molecule has 14 heavy (non-hydrogen) atoms. The highest BCUT2D eigenvalue weighted by Crippen LogP contribution is 2.26. The van der Waals surface area contributed by atoms with Crippen LogP contribution in [0.4, 0.5) is 0 Å². The number of hydrogen-bond acceptors (Lipinski definition) is 1. The van der Waals surface area contributed by atoms with Crippen LogP contribution in [0.5, 0.6) is 0 Å². The maximum Gasteiger partial charge on any atom is 0.00416 e. The van der Waals surface area contributed by atoms with Crippen molar-refractivity contribution in [2.75, 3.05) is 6.54 Å². The van der Waals surface area contributed by atoms with Gasteiger partial charge >= 0.3 is 0 Å². The lowest BCUT2D eigenvalue weighted by Crippen LogP contribution is -2.27. The Hall–Kier alpha value is -0.300. The van der Waals surface area contributed by atoms with Crippen LogP contribution in [0.25, 0.3) is 0 Å². The van der Waals surface area contributed by atoms with E-state index in [9.17, 15) is 0 Å². The van der Waals surface area contributed by atoms with Crippen molar-refractivity contribution in [3.05, 3.63) is 12.7 Å². The van der Waals surface area contributed by atoms with Gasteiger partial charge in [-0.15, -0.1) is 6.58 Å². The lowest BCUT2D eigenvalue weighted by molar-refractivity contribution is 0.440. The molecule has 0 aliphatic heterocycles. The smallest absolute Gasteiger partial charge is 0.00416 e. The van der Waals surface area contributed by atoms with Crippen molar-refractivity contribution in [3.8, 4) is 0 Å². The highest BCUT2D eigenvalue weighted by Gasteiger charge is 2.14. The van der Waals surface area contributed by atoms with Crippen LogP contribution in [0, 0.1) is 5.92 Å². The van der Waals surface area contributed by atoms with E-state index >= 15 is 0 Å². The number of nitrogens with one attached hydrogen (secondary N) is 1. The average molecular weight is 195 g/mol. The Morgan fingerprint density at radius 2 is 2.14 bits per heavy atom. The Morgan fingerprint density at radius 1 is 1.43 bits per heavy atom. The van der Waals surface area contributed by atoms with E-state index in [-0.39, 0.29) is 0 Å². The van der Waals surface area contributed by atoms with Gasteiger partial charge in [0.15, 0.2) is 0 Å². The molecule has 1 nitrogen and oxygen atoms in total. The zero-order valence-corrected chi connectivity index (χ0v) is 9.60. The fourth-order valence-corrected chi connectivity index (χ4v) is 2.30. The first-order valence-corrected chi connectivity index (χ1v) is 6.17. The Kier molecular flexibility index (Phi) is 5.93. The Balaban J connectivity index is 1.93. The van der Waals surface area contributed by atoms with E-state index in [2.05, 4.69) is 18.8 Å². The standard InChI is InChI=1S/C13H25N/c1-3-4-7-12(2)14-11-10-13-8-5-6-9-13/h3,12-14H,1,4-11H2,2H3. The molecule has 0 aromatic carbocycles. The molecule has 1 aliphatic carbocycles. The largest absolute Gasteiger partial charge is 0.314 e. The van der Waals surface area contributed by atoms with Crippen LogP contribution in [-0.4, -0.2) is 12.6 Å². The van der Waals surface area contributed by atoms with Crippen molar-refractivity contribution in [1.82, 2.24) is 5.32 Å². The molecule has 1 fully saturated rings. The van der Waals surface area contributed by atoms with Gasteiger partial charge in [0.2, 0.25) is 0 Å². The third-order valence-corrected chi connectivity index (χ3v) is 3.32. The van der Waals surface area contributed by atoms with Crippen LogP contribution in [0.2, 0.25) is 0 Å². The fourth-order valence-electron chi connectivity index (χ4n) is 2.30. The van der Waals surface area contributed by atoms with Crippen LogP contribution in [-0.2, 0) is 0 Å². The summed E-state index contributed by atoms with van der Waals surface area (Å²) in [4.78, 5) is 0. The quantitative estimate of drug-likeness (QED) is 0.613. The molecule has 1 atom stereocenters. The molecule has 1 aliphatic rings. The van der Waals surface area contributed by atoms with E-state index in [0.717, 1.165) is 12.3 Å². The number of rotatable bonds is 7. The van der Waals surface area contributed by atoms with Gasteiger partial charge in [-0.3, -0.25) is 0 Å². The van der Waals surface area contributed by atoms with Crippen LogP contribution < -0.4 is 5.32 Å². The monoisotopic (exact) mass is 195 g/mol. The first-order chi connectivity index (χ1) is 6.83. The van der Waals surface area contributed by atoms with Crippen LogP contribution >= 0.6 is 0 Å². The lowest BCUT2D eigenvalue weighted by Gasteiger charge is -2.14. The van der Waals surface area contributed by atoms with Gasteiger partial charge in [-0.1, -0.05) is 31.8 Å². The Morgan fingerprint density at radius 3 is 2.79 bits per heavy atom. The summed E-state index contributed by atoms with van der Waals surface area (Å²) >= 11 is 0. The van der Waals surface area contributed by atoms with Gasteiger partial charge in [0.05, 0.1) is 0 Å². The summed E-state index contributed by atoms with van der Waals surface area (Å²) in [6.45, 7) is 7.24. The average Bonchev–Trinajstić information content (AvgIpc) is 2.67. The zero-order chi connectivity index (χ0) is 10.2. The van der Waals surface area contributed by atoms with E-state index in [0.29, 0.717) is 6.04 Å². The minimum absolute atomic E-state index is 0.661. The summed E-state index contributed by atoms with van der Waals surface area (Å²) in [5.74, 6) is 1.02. The summed E-state index contributed by atoms with van der Waals surface area (Å²) in [6, 6.07) is 0.661. The molecule has 0 radical (unpaired) electrons. The highest BCUT2D eigenvalue weighted by atomic mass is 14.9. The van der Waals surface area contributed by atoms with Gasteiger partial charge in [0.25, 0.3) is 0 Å².